The third-order valence-electron chi connectivity index (χ3n) is 5.53. The molecule has 1 heterocycles. The van der Waals surface area contributed by atoms with E-state index >= 15 is 0 Å². The van der Waals surface area contributed by atoms with Crippen molar-refractivity contribution in [2.75, 3.05) is 0 Å². The molecular weight excluding hydrogens is 396 g/mol. The molecule has 2 atom stereocenters. The fourth-order valence-electron chi connectivity index (χ4n) is 3.88. The van der Waals surface area contributed by atoms with Gasteiger partial charge in [-0.1, -0.05) is 66.4 Å². The van der Waals surface area contributed by atoms with Crippen LogP contribution >= 0.6 is 11.8 Å². The normalized spacial score (nSPS) is 16.6. The molecule has 7 heteroatoms. The molecule has 0 saturated heterocycles. The number of nitrogens with one attached hydrogen (secondary N) is 2. The first-order chi connectivity index (χ1) is 14.6. The summed E-state index contributed by atoms with van der Waals surface area (Å²) in [5.74, 6) is -0.0354. The average molecular weight is 423 g/mol. The number of hydrogen-bond acceptors (Lipinski definition) is 4. The van der Waals surface area contributed by atoms with Crippen molar-refractivity contribution in [3.8, 4) is 0 Å². The molecule has 1 aliphatic rings. The summed E-state index contributed by atoms with van der Waals surface area (Å²) in [5.41, 5.74) is 3.44. The second kappa shape index (κ2) is 9.34. The molecule has 3 aromatic rings. The number of benzene rings is 2. The third kappa shape index (κ3) is 4.67. The van der Waals surface area contributed by atoms with Crippen molar-refractivity contribution in [2.24, 2.45) is 0 Å². The summed E-state index contributed by atoms with van der Waals surface area (Å²) in [6.45, 7) is 2.38. The largest absolute Gasteiger partial charge is 0.348 e. The first-order valence-electron chi connectivity index (χ1n) is 10.4. The summed E-state index contributed by atoms with van der Waals surface area (Å²) in [6.07, 6.45) is 3.81. The highest BCUT2D eigenvalue weighted by Gasteiger charge is 2.25. The van der Waals surface area contributed by atoms with Crippen LogP contribution in [0.25, 0.3) is 0 Å². The highest BCUT2D eigenvalue weighted by atomic mass is 32.2. The standard InChI is InChI=1S/C23H26N4O2S/c1-16(21(28)24-20-13-7-11-18-10-5-6-12-19(18)20)30-23-26-25-22(29)27(23)15-14-17-8-3-2-4-9-17/h2-6,8-10,12,16,20H,7,11,13-15H2,1H3,(H,24,28)(H,25,29)/t16-,20+/m1/s1. The molecule has 0 spiro atoms. The number of fused-ring (bicyclic) bond motifs is 1. The van der Waals surface area contributed by atoms with Crippen LogP contribution in [0.15, 0.2) is 64.5 Å². The summed E-state index contributed by atoms with van der Waals surface area (Å²) in [7, 11) is 0. The zero-order valence-electron chi connectivity index (χ0n) is 17.0. The lowest BCUT2D eigenvalue weighted by atomic mass is 9.88. The highest BCUT2D eigenvalue weighted by Crippen LogP contribution is 2.30. The molecule has 0 fully saturated rings. The van der Waals surface area contributed by atoms with Crippen LogP contribution in [0, 0.1) is 0 Å². The number of hydrogen-bond donors (Lipinski definition) is 2. The summed E-state index contributed by atoms with van der Waals surface area (Å²) < 4.78 is 1.61. The Bertz CT molecular complexity index is 1060. The number of thioether (sulfide) groups is 1. The van der Waals surface area contributed by atoms with Gasteiger partial charge in [-0.05, 0) is 49.3 Å². The summed E-state index contributed by atoms with van der Waals surface area (Å²) >= 11 is 1.31. The Labute approximate surface area is 180 Å². The molecule has 0 saturated carbocycles. The van der Waals surface area contributed by atoms with E-state index in [2.05, 4.69) is 27.6 Å². The smallest absolute Gasteiger partial charge is 0.343 e. The zero-order valence-corrected chi connectivity index (χ0v) is 17.8. The van der Waals surface area contributed by atoms with Gasteiger partial charge < -0.3 is 5.32 Å². The highest BCUT2D eigenvalue weighted by molar-refractivity contribution is 8.00. The Morgan fingerprint density at radius 3 is 2.83 bits per heavy atom. The molecule has 156 valence electrons. The monoisotopic (exact) mass is 422 g/mol. The van der Waals surface area contributed by atoms with Gasteiger partial charge in [0.1, 0.15) is 0 Å². The van der Waals surface area contributed by atoms with Crippen molar-refractivity contribution < 1.29 is 4.79 Å². The molecular formula is C23H26N4O2S. The van der Waals surface area contributed by atoms with E-state index < -0.39 is 0 Å². The molecule has 1 amide bonds. The van der Waals surface area contributed by atoms with Crippen LogP contribution < -0.4 is 11.0 Å². The average Bonchev–Trinajstić information content (AvgIpc) is 3.12. The first-order valence-corrected chi connectivity index (χ1v) is 11.2. The van der Waals surface area contributed by atoms with E-state index in [-0.39, 0.29) is 22.9 Å². The van der Waals surface area contributed by atoms with E-state index in [1.54, 1.807) is 4.57 Å². The van der Waals surface area contributed by atoms with Gasteiger partial charge in [-0.3, -0.25) is 9.36 Å². The van der Waals surface area contributed by atoms with Gasteiger partial charge in [-0.2, -0.15) is 0 Å². The first kappa shape index (κ1) is 20.5. The number of aromatic amines is 1. The van der Waals surface area contributed by atoms with Gasteiger partial charge in [0.2, 0.25) is 5.91 Å². The Morgan fingerprint density at radius 2 is 2.00 bits per heavy atom. The fourth-order valence-corrected chi connectivity index (χ4v) is 4.77. The van der Waals surface area contributed by atoms with Crippen LogP contribution in [0.2, 0.25) is 0 Å². The molecule has 0 radical (unpaired) electrons. The number of H-pyrrole nitrogens is 1. The van der Waals surface area contributed by atoms with Gasteiger partial charge >= 0.3 is 5.69 Å². The molecule has 0 aliphatic heterocycles. The lowest BCUT2D eigenvalue weighted by Crippen LogP contribution is -2.36. The second-order valence-corrected chi connectivity index (χ2v) is 8.92. The van der Waals surface area contributed by atoms with E-state index in [0.29, 0.717) is 11.7 Å². The van der Waals surface area contributed by atoms with Gasteiger partial charge in [0.15, 0.2) is 5.16 Å². The second-order valence-electron chi connectivity index (χ2n) is 7.61. The summed E-state index contributed by atoms with van der Waals surface area (Å²) in [4.78, 5) is 25.1. The third-order valence-corrected chi connectivity index (χ3v) is 6.62. The predicted molar refractivity (Wildman–Crippen MR) is 119 cm³/mol. The minimum absolute atomic E-state index is 0.0354. The predicted octanol–water partition coefficient (Wildman–Crippen LogP) is 3.49. The van der Waals surface area contributed by atoms with Crippen molar-refractivity contribution in [2.45, 2.75) is 55.6 Å². The Morgan fingerprint density at radius 1 is 1.23 bits per heavy atom. The van der Waals surface area contributed by atoms with E-state index in [4.69, 9.17) is 0 Å². The molecule has 0 bridgehead atoms. The van der Waals surface area contributed by atoms with Crippen LogP contribution in [0.5, 0.6) is 0 Å². The maximum atomic E-state index is 12.9. The van der Waals surface area contributed by atoms with Gasteiger partial charge in [0.25, 0.3) is 0 Å². The minimum atomic E-state index is -0.357. The van der Waals surface area contributed by atoms with Crippen LogP contribution in [-0.2, 0) is 24.2 Å². The lowest BCUT2D eigenvalue weighted by Gasteiger charge is -2.27. The number of aromatic nitrogens is 3. The maximum Gasteiger partial charge on any atom is 0.343 e. The van der Waals surface area contributed by atoms with Crippen molar-refractivity contribution >= 4 is 17.7 Å². The Balaban J connectivity index is 1.40. The van der Waals surface area contributed by atoms with Gasteiger partial charge in [-0.25, -0.2) is 9.89 Å². The summed E-state index contributed by atoms with van der Waals surface area (Å²) in [6, 6.07) is 18.4. The molecule has 6 nitrogen and oxygen atoms in total. The Hall–Kier alpha value is -2.80. The quantitative estimate of drug-likeness (QED) is 0.571. The number of nitrogens with zero attached hydrogens (tertiary/aromatic N) is 2. The molecule has 2 N–H and O–H groups in total. The maximum absolute atomic E-state index is 12.9. The number of rotatable bonds is 7. The van der Waals surface area contributed by atoms with Crippen molar-refractivity contribution in [1.82, 2.24) is 20.1 Å². The molecule has 0 unspecified atom stereocenters. The van der Waals surface area contributed by atoms with E-state index in [9.17, 15) is 9.59 Å². The van der Waals surface area contributed by atoms with Gasteiger partial charge in [-0.15, -0.1) is 5.10 Å². The number of aryl methyl sites for hydroxylation is 2. The van der Waals surface area contributed by atoms with Crippen LogP contribution in [0.4, 0.5) is 0 Å². The van der Waals surface area contributed by atoms with Crippen molar-refractivity contribution in [3.05, 3.63) is 81.8 Å². The van der Waals surface area contributed by atoms with Crippen molar-refractivity contribution in [1.29, 1.82) is 0 Å². The SMILES string of the molecule is C[C@@H](Sc1n[nH]c(=O)n1CCc1ccccc1)C(=O)N[C@H]1CCCc2ccccc21. The van der Waals surface area contributed by atoms with E-state index in [1.807, 2.05) is 49.4 Å². The number of carbonyl (C=O) groups is 1. The van der Waals surface area contributed by atoms with Crippen LogP contribution in [-0.4, -0.2) is 25.9 Å². The minimum Gasteiger partial charge on any atom is -0.348 e. The van der Waals surface area contributed by atoms with Crippen LogP contribution in [0.3, 0.4) is 0 Å². The topological polar surface area (TPSA) is 79.8 Å². The lowest BCUT2D eigenvalue weighted by molar-refractivity contribution is -0.121. The Kier molecular flexibility index (Phi) is 6.38. The van der Waals surface area contributed by atoms with Crippen molar-refractivity contribution in [3.63, 3.8) is 0 Å². The molecule has 2 aromatic carbocycles. The van der Waals surface area contributed by atoms with Gasteiger partial charge in [0.05, 0.1) is 11.3 Å². The molecule has 1 aromatic heterocycles. The van der Waals surface area contributed by atoms with Gasteiger partial charge in [0, 0.05) is 6.54 Å². The summed E-state index contributed by atoms with van der Waals surface area (Å²) in [5, 5.41) is 10.0. The molecule has 4 rings (SSSR count). The molecule has 30 heavy (non-hydrogen) atoms. The van der Waals surface area contributed by atoms with E-state index in [1.165, 1.54) is 22.9 Å². The number of carbonyl (C=O) groups excluding carboxylic acids is 1. The fraction of sp³-hybridized carbons (Fsp3) is 0.348. The number of amides is 1. The molecule has 1 aliphatic carbocycles. The zero-order chi connectivity index (χ0) is 20.9. The van der Waals surface area contributed by atoms with E-state index in [0.717, 1.165) is 31.2 Å². The van der Waals surface area contributed by atoms with Crippen LogP contribution in [0.1, 0.15) is 42.5 Å².